The zero-order chi connectivity index (χ0) is 9.82. The summed E-state index contributed by atoms with van der Waals surface area (Å²) in [6.07, 6.45) is 1.47. The number of alkyl halides is 1. The van der Waals surface area contributed by atoms with Crippen molar-refractivity contribution in [3.05, 3.63) is 0 Å². The zero-order valence-electron chi connectivity index (χ0n) is 7.36. The molecule has 0 spiro atoms. The van der Waals surface area contributed by atoms with Gasteiger partial charge in [-0.1, -0.05) is 5.23 Å². The fourth-order valence-corrected chi connectivity index (χ4v) is 0.376. The molecule has 0 fully saturated rings. The summed E-state index contributed by atoms with van der Waals surface area (Å²) in [7, 11) is 1.55. The van der Waals surface area contributed by atoms with Crippen molar-refractivity contribution in [1.29, 1.82) is 0 Å². The van der Waals surface area contributed by atoms with Crippen molar-refractivity contribution in [1.82, 2.24) is 5.23 Å². The fourth-order valence-electron chi connectivity index (χ4n) is 0.376. The van der Waals surface area contributed by atoms with Crippen molar-refractivity contribution in [2.45, 2.75) is 0 Å². The third-order valence-corrected chi connectivity index (χ3v) is 0.729. The second-order valence-corrected chi connectivity index (χ2v) is 1.55. The van der Waals surface area contributed by atoms with Gasteiger partial charge in [0.25, 0.3) is 0 Å². The summed E-state index contributed by atoms with van der Waals surface area (Å²) in [5.41, 5.74) is 0. The summed E-state index contributed by atoms with van der Waals surface area (Å²) in [6.45, 7) is 0.295. The van der Waals surface area contributed by atoms with Crippen LogP contribution in [0.5, 0.6) is 0 Å². The van der Waals surface area contributed by atoms with Gasteiger partial charge < -0.3 is 10.2 Å². The molecule has 0 atom stereocenters. The van der Waals surface area contributed by atoms with Crippen LogP contribution >= 0.6 is 11.6 Å². The van der Waals surface area contributed by atoms with Gasteiger partial charge in [0.1, 0.15) is 0 Å². The van der Waals surface area contributed by atoms with Crippen LogP contribution in [0.1, 0.15) is 0 Å². The molecular weight excluding hydrogens is 186 g/mol. The first-order valence-corrected chi connectivity index (χ1v) is 4.16. The summed E-state index contributed by atoms with van der Waals surface area (Å²) in [5, 5.41) is 17.7. The predicted octanol–water partition coefficient (Wildman–Crippen LogP) is -0.379. The van der Waals surface area contributed by atoms with E-state index in [4.69, 9.17) is 19.9 Å². The Hall–Kier alpha value is 0.0900. The SMILES string of the molecule is CCl.CN(OCCO)OCCO. The molecule has 0 heterocycles. The number of rotatable bonds is 6. The first-order chi connectivity index (χ1) is 5.81. The summed E-state index contributed by atoms with van der Waals surface area (Å²) < 4.78 is 0. The Kier molecular flexibility index (Phi) is 16.6. The highest BCUT2D eigenvalue weighted by Crippen LogP contribution is 1.85. The van der Waals surface area contributed by atoms with Crippen LogP contribution in [0, 0.1) is 0 Å². The van der Waals surface area contributed by atoms with Crippen LogP contribution in [0.15, 0.2) is 0 Å². The van der Waals surface area contributed by atoms with Crippen molar-refractivity contribution in [2.75, 3.05) is 39.9 Å². The molecule has 0 bridgehead atoms. The van der Waals surface area contributed by atoms with Gasteiger partial charge in [-0.25, -0.2) is 0 Å². The van der Waals surface area contributed by atoms with E-state index in [1.54, 1.807) is 7.05 Å². The first kappa shape index (κ1) is 14.6. The molecule has 0 saturated carbocycles. The minimum absolute atomic E-state index is 0.0488. The second-order valence-electron chi connectivity index (χ2n) is 1.55. The van der Waals surface area contributed by atoms with E-state index in [9.17, 15) is 0 Å². The largest absolute Gasteiger partial charge is 0.394 e. The highest BCUT2D eigenvalue weighted by Gasteiger charge is 1.95. The van der Waals surface area contributed by atoms with E-state index in [-0.39, 0.29) is 26.4 Å². The van der Waals surface area contributed by atoms with Gasteiger partial charge in [-0.2, -0.15) is 0 Å². The molecule has 0 saturated heterocycles. The number of halogens is 1. The van der Waals surface area contributed by atoms with E-state index in [1.165, 1.54) is 6.38 Å². The molecule has 0 aliphatic carbocycles. The predicted molar refractivity (Wildman–Crippen MR) is 45.6 cm³/mol. The maximum Gasteiger partial charge on any atom is 0.0942 e. The third kappa shape index (κ3) is 12.7. The minimum atomic E-state index is -0.0488. The molecule has 0 rings (SSSR count). The van der Waals surface area contributed by atoms with E-state index in [0.717, 1.165) is 5.23 Å². The zero-order valence-corrected chi connectivity index (χ0v) is 8.12. The Morgan fingerprint density at radius 1 is 1.08 bits per heavy atom. The average Bonchev–Trinajstić information content (AvgIpc) is 2.14. The van der Waals surface area contributed by atoms with Crippen LogP contribution < -0.4 is 0 Å². The van der Waals surface area contributed by atoms with Gasteiger partial charge in [0.2, 0.25) is 0 Å². The van der Waals surface area contributed by atoms with Crippen molar-refractivity contribution < 1.29 is 19.9 Å². The van der Waals surface area contributed by atoms with Crippen LogP contribution in [0.3, 0.4) is 0 Å². The number of hydrogen-bond donors (Lipinski definition) is 2. The van der Waals surface area contributed by atoms with E-state index in [1.807, 2.05) is 0 Å². The first-order valence-electron chi connectivity index (χ1n) is 3.40. The number of aliphatic hydroxyl groups is 2. The Morgan fingerprint density at radius 2 is 1.42 bits per heavy atom. The molecule has 0 aliphatic rings. The molecule has 76 valence electrons. The number of aliphatic hydroxyl groups excluding tert-OH is 2. The van der Waals surface area contributed by atoms with Gasteiger partial charge in [0.05, 0.1) is 26.4 Å². The lowest BCUT2D eigenvalue weighted by atomic mass is 10.8. The molecule has 6 heteroatoms. The van der Waals surface area contributed by atoms with E-state index >= 15 is 0 Å². The van der Waals surface area contributed by atoms with Gasteiger partial charge in [-0.05, 0) is 0 Å². The highest BCUT2D eigenvalue weighted by atomic mass is 35.5. The Bertz CT molecular complexity index is 68.6. The molecule has 0 aromatic heterocycles. The molecule has 2 N–H and O–H groups in total. The minimum Gasteiger partial charge on any atom is -0.394 e. The Labute approximate surface area is 77.4 Å². The lowest BCUT2D eigenvalue weighted by molar-refractivity contribution is -0.356. The third-order valence-electron chi connectivity index (χ3n) is 0.729. The molecule has 0 unspecified atom stereocenters. The van der Waals surface area contributed by atoms with Crippen LogP contribution in [0.25, 0.3) is 0 Å². The molecule has 0 amide bonds. The quantitative estimate of drug-likeness (QED) is 0.453. The molecule has 0 radical (unpaired) electrons. The monoisotopic (exact) mass is 201 g/mol. The van der Waals surface area contributed by atoms with Crippen molar-refractivity contribution in [2.24, 2.45) is 0 Å². The van der Waals surface area contributed by atoms with E-state index < -0.39 is 0 Å². The van der Waals surface area contributed by atoms with Gasteiger partial charge in [-0.3, -0.25) is 9.68 Å². The molecule has 0 aromatic carbocycles. The van der Waals surface area contributed by atoms with Crippen molar-refractivity contribution in [3.63, 3.8) is 0 Å². The smallest absolute Gasteiger partial charge is 0.0942 e. The van der Waals surface area contributed by atoms with Crippen LogP contribution in [0.2, 0.25) is 0 Å². The van der Waals surface area contributed by atoms with Crippen LogP contribution in [0.4, 0.5) is 0 Å². The normalized spacial score (nSPS) is 9.50. The summed E-state index contributed by atoms with van der Waals surface area (Å²) in [6, 6.07) is 0. The maximum atomic E-state index is 8.28. The Balaban J connectivity index is 0. The molecule has 5 nitrogen and oxygen atoms in total. The van der Waals surface area contributed by atoms with Crippen molar-refractivity contribution >= 4 is 11.6 Å². The summed E-state index contributed by atoms with van der Waals surface area (Å²) >= 11 is 4.64. The standard InChI is InChI=1S/C5H13NO4.CH3Cl/c1-6(9-4-2-7)10-5-3-8;1-2/h7-8H,2-5H2,1H3;1H3. The van der Waals surface area contributed by atoms with E-state index in [2.05, 4.69) is 11.6 Å². The molecule has 0 aliphatic heterocycles. The average molecular weight is 202 g/mol. The molecule has 12 heavy (non-hydrogen) atoms. The van der Waals surface area contributed by atoms with Gasteiger partial charge >= 0.3 is 0 Å². The van der Waals surface area contributed by atoms with Gasteiger partial charge in [0.15, 0.2) is 0 Å². The number of hydroxylamine groups is 2. The van der Waals surface area contributed by atoms with E-state index in [0.29, 0.717) is 0 Å². The number of nitrogens with zero attached hydrogens (tertiary/aromatic N) is 1. The highest BCUT2D eigenvalue weighted by molar-refractivity contribution is 6.15. The van der Waals surface area contributed by atoms with Gasteiger partial charge in [-0.15, -0.1) is 11.6 Å². The fraction of sp³-hybridized carbons (Fsp3) is 1.00. The van der Waals surface area contributed by atoms with Crippen LogP contribution in [-0.2, 0) is 9.68 Å². The topological polar surface area (TPSA) is 62.2 Å². The number of hydrogen-bond acceptors (Lipinski definition) is 5. The summed E-state index contributed by atoms with van der Waals surface area (Å²) in [5.74, 6) is 0. The summed E-state index contributed by atoms with van der Waals surface area (Å²) in [4.78, 5) is 9.49. The van der Waals surface area contributed by atoms with Crippen LogP contribution in [-0.4, -0.2) is 55.3 Å². The van der Waals surface area contributed by atoms with Crippen molar-refractivity contribution in [3.8, 4) is 0 Å². The molecule has 0 aromatic rings. The van der Waals surface area contributed by atoms with Gasteiger partial charge in [0, 0.05) is 13.4 Å². The lowest BCUT2D eigenvalue weighted by Gasteiger charge is -2.13. The second kappa shape index (κ2) is 13.7. The maximum absolute atomic E-state index is 8.28. The molecular formula is C6H16ClNO4. The Morgan fingerprint density at radius 3 is 1.67 bits per heavy atom. The lowest BCUT2D eigenvalue weighted by Crippen LogP contribution is -2.22.